The molecule has 0 unspecified atom stereocenters. The minimum Gasteiger partial charge on any atom is -0.471 e. The number of nitrogens with zero attached hydrogens (tertiary/aromatic N) is 3. The van der Waals surface area contributed by atoms with Gasteiger partial charge < -0.3 is 14.1 Å². The van der Waals surface area contributed by atoms with Crippen LogP contribution in [0.15, 0.2) is 29.1 Å². The maximum Gasteiger partial charge on any atom is 0.257 e. The third-order valence-corrected chi connectivity index (χ3v) is 3.53. The molecule has 1 fully saturated rings. The van der Waals surface area contributed by atoms with E-state index < -0.39 is 0 Å². The zero-order valence-electron chi connectivity index (χ0n) is 12.1. The summed E-state index contributed by atoms with van der Waals surface area (Å²) < 4.78 is 11.2. The number of carbonyl (C=O) groups excluding carboxylic acids is 1. The molecule has 1 atom stereocenters. The standard InChI is InChI=1S/C15H17N3O3/c1-10-7-13(11(2)20-10)15(19)18-6-3-12(9-18)21-14-8-16-4-5-17-14/h4-5,7-8,12H,3,6,9H2,1-2H3/t12-/m1/s1. The van der Waals surface area contributed by atoms with Crippen LogP contribution < -0.4 is 4.74 Å². The van der Waals surface area contributed by atoms with Gasteiger partial charge in [0.05, 0.1) is 18.3 Å². The van der Waals surface area contributed by atoms with Crippen LogP contribution >= 0.6 is 0 Å². The summed E-state index contributed by atoms with van der Waals surface area (Å²) in [5.74, 6) is 1.90. The highest BCUT2D eigenvalue weighted by atomic mass is 16.5. The summed E-state index contributed by atoms with van der Waals surface area (Å²) in [4.78, 5) is 22.3. The Bertz CT molecular complexity index is 639. The fourth-order valence-electron chi connectivity index (χ4n) is 2.54. The van der Waals surface area contributed by atoms with Gasteiger partial charge in [0.25, 0.3) is 5.91 Å². The Morgan fingerprint density at radius 2 is 2.29 bits per heavy atom. The molecular formula is C15H17N3O3. The Morgan fingerprint density at radius 1 is 1.43 bits per heavy atom. The Balaban J connectivity index is 1.64. The van der Waals surface area contributed by atoms with Gasteiger partial charge in [0.2, 0.25) is 5.88 Å². The Morgan fingerprint density at radius 3 is 2.95 bits per heavy atom. The van der Waals surface area contributed by atoms with Crippen molar-refractivity contribution >= 4 is 5.91 Å². The lowest BCUT2D eigenvalue weighted by atomic mass is 10.2. The molecule has 0 radical (unpaired) electrons. The van der Waals surface area contributed by atoms with Gasteiger partial charge in [0, 0.05) is 25.4 Å². The molecule has 6 heteroatoms. The maximum atomic E-state index is 12.5. The summed E-state index contributed by atoms with van der Waals surface area (Å²) in [6.07, 6.45) is 5.51. The Hall–Kier alpha value is -2.37. The van der Waals surface area contributed by atoms with E-state index in [1.807, 2.05) is 13.8 Å². The number of amides is 1. The first-order valence-electron chi connectivity index (χ1n) is 6.92. The van der Waals surface area contributed by atoms with Gasteiger partial charge in [-0.15, -0.1) is 0 Å². The zero-order chi connectivity index (χ0) is 14.8. The predicted molar refractivity (Wildman–Crippen MR) is 75.2 cm³/mol. The summed E-state index contributed by atoms with van der Waals surface area (Å²) in [6.45, 7) is 4.88. The van der Waals surface area contributed by atoms with Gasteiger partial charge in [-0.2, -0.15) is 0 Å². The molecule has 110 valence electrons. The third-order valence-electron chi connectivity index (χ3n) is 3.53. The summed E-state index contributed by atoms with van der Waals surface area (Å²) in [7, 11) is 0. The summed E-state index contributed by atoms with van der Waals surface area (Å²) in [5, 5.41) is 0. The molecule has 2 aromatic heterocycles. The molecule has 2 aromatic rings. The molecule has 6 nitrogen and oxygen atoms in total. The quantitative estimate of drug-likeness (QED) is 0.863. The molecule has 3 rings (SSSR count). The largest absolute Gasteiger partial charge is 0.471 e. The van der Waals surface area contributed by atoms with E-state index in [4.69, 9.17) is 9.15 Å². The number of ether oxygens (including phenoxy) is 1. The summed E-state index contributed by atoms with van der Waals surface area (Å²) >= 11 is 0. The smallest absolute Gasteiger partial charge is 0.257 e. The Labute approximate surface area is 122 Å². The van der Waals surface area contributed by atoms with E-state index in [0.717, 1.165) is 12.2 Å². The second kappa shape index (κ2) is 5.55. The van der Waals surface area contributed by atoms with Crippen LogP contribution in [0, 0.1) is 13.8 Å². The SMILES string of the molecule is Cc1cc(C(=O)N2CC[C@@H](Oc3cnccn3)C2)c(C)o1. The van der Waals surface area contributed by atoms with Gasteiger partial charge in [-0.25, -0.2) is 4.98 Å². The van der Waals surface area contributed by atoms with E-state index in [1.54, 1.807) is 29.6 Å². The van der Waals surface area contributed by atoms with E-state index in [9.17, 15) is 4.79 Å². The molecule has 0 N–H and O–H groups in total. The predicted octanol–water partition coefficient (Wildman–Crippen LogP) is 1.98. The van der Waals surface area contributed by atoms with Crippen molar-refractivity contribution in [1.82, 2.24) is 14.9 Å². The molecule has 0 aliphatic carbocycles. The lowest BCUT2D eigenvalue weighted by molar-refractivity contribution is 0.0769. The minimum atomic E-state index is -0.0426. The van der Waals surface area contributed by atoms with Crippen molar-refractivity contribution in [3.05, 3.63) is 41.7 Å². The average Bonchev–Trinajstić information content (AvgIpc) is 3.06. The second-order valence-electron chi connectivity index (χ2n) is 5.15. The van der Waals surface area contributed by atoms with Gasteiger partial charge in [0.1, 0.15) is 17.6 Å². The second-order valence-corrected chi connectivity index (χ2v) is 5.15. The van der Waals surface area contributed by atoms with Gasteiger partial charge in [-0.3, -0.25) is 9.78 Å². The minimum absolute atomic E-state index is 0.00500. The van der Waals surface area contributed by atoms with E-state index in [-0.39, 0.29) is 12.0 Å². The molecular weight excluding hydrogens is 270 g/mol. The number of furan rings is 1. The molecule has 0 aromatic carbocycles. The molecule has 3 heterocycles. The Kier molecular flexibility index (Phi) is 3.60. The van der Waals surface area contributed by atoms with Gasteiger partial charge in [0.15, 0.2) is 0 Å². The molecule has 0 saturated carbocycles. The summed E-state index contributed by atoms with van der Waals surface area (Å²) in [6, 6.07) is 1.79. The number of likely N-dealkylation sites (tertiary alicyclic amines) is 1. The maximum absolute atomic E-state index is 12.5. The van der Waals surface area contributed by atoms with Crippen molar-refractivity contribution in [2.24, 2.45) is 0 Å². The van der Waals surface area contributed by atoms with Crippen molar-refractivity contribution in [3.63, 3.8) is 0 Å². The van der Waals surface area contributed by atoms with Crippen molar-refractivity contribution in [3.8, 4) is 5.88 Å². The first-order chi connectivity index (χ1) is 10.1. The topological polar surface area (TPSA) is 68.5 Å². The van der Waals surface area contributed by atoms with Crippen LogP contribution in [-0.4, -0.2) is 40.0 Å². The summed E-state index contributed by atoms with van der Waals surface area (Å²) in [5.41, 5.74) is 0.632. The highest BCUT2D eigenvalue weighted by molar-refractivity contribution is 5.95. The average molecular weight is 287 g/mol. The van der Waals surface area contributed by atoms with E-state index in [0.29, 0.717) is 30.3 Å². The van der Waals surface area contributed by atoms with Crippen LogP contribution in [-0.2, 0) is 0 Å². The molecule has 1 aliphatic heterocycles. The van der Waals surface area contributed by atoms with Gasteiger partial charge in [-0.1, -0.05) is 0 Å². The molecule has 21 heavy (non-hydrogen) atoms. The van der Waals surface area contributed by atoms with Gasteiger partial charge >= 0.3 is 0 Å². The van der Waals surface area contributed by atoms with Crippen LogP contribution in [0.4, 0.5) is 0 Å². The lowest BCUT2D eigenvalue weighted by Gasteiger charge is -2.16. The normalized spacial score (nSPS) is 18.0. The van der Waals surface area contributed by atoms with Crippen molar-refractivity contribution in [2.45, 2.75) is 26.4 Å². The number of hydrogen-bond acceptors (Lipinski definition) is 5. The molecule has 1 aliphatic rings. The number of hydrogen-bond donors (Lipinski definition) is 0. The van der Waals surface area contributed by atoms with E-state index in [2.05, 4.69) is 9.97 Å². The fraction of sp³-hybridized carbons (Fsp3) is 0.400. The van der Waals surface area contributed by atoms with Crippen LogP contribution in [0.5, 0.6) is 5.88 Å². The third kappa shape index (κ3) is 2.89. The van der Waals surface area contributed by atoms with Crippen LogP contribution in [0.1, 0.15) is 28.3 Å². The van der Waals surface area contributed by atoms with Crippen molar-refractivity contribution in [2.75, 3.05) is 13.1 Å². The van der Waals surface area contributed by atoms with Gasteiger partial charge in [-0.05, 0) is 19.9 Å². The van der Waals surface area contributed by atoms with Crippen LogP contribution in [0.25, 0.3) is 0 Å². The number of rotatable bonds is 3. The lowest BCUT2D eigenvalue weighted by Crippen LogP contribution is -2.31. The first-order valence-corrected chi connectivity index (χ1v) is 6.92. The fourth-order valence-corrected chi connectivity index (χ4v) is 2.54. The number of carbonyl (C=O) groups is 1. The number of aromatic nitrogens is 2. The van der Waals surface area contributed by atoms with Crippen LogP contribution in [0.3, 0.4) is 0 Å². The zero-order valence-corrected chi connectivity index (χ0v) is 12.1. The van der Waals surface area contributed by atoms with E-state index >= 15 is 0 Å². The monoisotopic (exact) mass is 287 g/mol. The highest BCUT2D eigenvalue weighted by Gasteiger charge is 2.30. The molecule has 1 amide bonds. The van der Waals surface area contributed by atoms with E-state index in [1.165, 1.54) is 0 Å². The molecule has 0 bridgehead atoms. The first kappa shape index (κ1) is 13.6. The number of aryl methyl sites for hydroxylation is 2. The van der Waals surface area contributed by atoms with Crippen LogP contribution in [0.2, 0.25) is 0 Å². The highest BCUT2D eigenvalue weighted by Crippen LogP contribution is 2.21. The van der Waals surface area contributed by atoms with Crippen molar-refractivity contribution < 1.29 is 13.9 Å². The van der Waals surface area contributed by atoms with Crippen molar-refractivity contribution in [1.29, 1.82) is 0 Å². The molecule has 0 spiro atoms. The molecule has 1 saturated heterocycles.